The Kier molecular flexibility index (Phi) is 1.80. The third-order valence-electron chi connectivity index (χ3n) is 0.980. The Hall–Kier alpha value is -0.160. The zero-order valence-electron chi connectivity index (χ0n) is 4.28. The van der Waals surface area contributed by atoms with Crippen LogP contribution in [-0.4, -0.2) is 36.0 Å². The Morgan fingerprint density at radius 1 is 1.50 bits per heavy atom. The Balaban J connectivity index is 2.24. The van der Waals surface area contributed by atoms with E-state index in [4.69, 9.17) is 14.9 Å². The molecule has 1 saturated heterocycles. The molecule has 1 heterocycles. The van der Waals surface area contributed by atoms with Crippen molar-refractivity contribution in [2.75, 3.05) is 13.4 Å². The van der Waals surface area contributed by atoms with Crippen molar-refractivity contribution in [2.24, 2.45) is 0 Å². The lowest BCUT2D eigenvalue weighted by Gasteiger charge is -2.07. The molecule has 1 aliphatic rings. The highest BCUT2D eigenvalue weighted by Gasteiger charge is 2.22. The summed E-state index contributed by atoms with van der Waals surface area (Å²) >= 11 is 0. The van der Waals surface area contributed by atoms with Crippen molar-refractivity contribution in [3.05, 3.63) is 0 Å². The summed E-state index contributed by atoms with van der Waals surface area (Å²) < 4.78 is 9.37. The Labute approximate surface area is 46.6 Å². The summed E-state index contributed by atoms with van der Waals surface area (Å²) in [7, 11) is 0. The van der Waals surface area contributed by atoms with Crippen LogP contribution in [0.25, 0.3) is 0 Å². The molecule has 2 N–H and O–H groups in total. The van der Waals surface area contributed by atoms with Gasteiger partial charge in [0.1, 0.15) is 12.9 Å². The number of hydrogen-bond donors (Lipinski definition) is 2. The highest BCUT2D eigenvalue weighted by atomic mass is 16.7. The molecule has 0 bridgehead atoms. The number of aliphatic hydroxyl groups excluding tert-OH is 1. The monoisotopic (exact) mass is 120 g/mol. The van der Waals surface area contributed by atoms with Crippen LogP contribution in [0.5, 0.6) is 0 Å². The molecule has 1 unspecified atom stereocenters. The molecule has 4 heteroatoms. The molecule has 1 atom stereocenters. The molecule has 1 aliphatic heterocycles. The van der Waals surface area contributed by atoms with Crippen LogP contribution in [0.3, 0.4) is 0 Å². The SMILES string of the molecule is OC(O)C1COCO1. The first-order valence-electron chi connectivity index (χ1n) is 2.36. The van der Waals surface area contributed by atoms with E-state index in [2.05, 4.69) is 4.74 Å². The maximum atomic E-state index is 8.40. The minimum atomic E-state index is -1.41. The van der Waals surface area contributed by atoms with Gasteiger partial charge in [-0.05, 0) is 0 Å². The van der Waals surface area contributed by atoms with E-state index in [1.807, 2.05) is 0 Å². The van der Waals surface area contributed by atoms with Crippen LogP contribution in [-0.2, 0) is 9.47 Å². The zero-order valence-corrected chi connectivity index (χ0v) is 4.28. The molecular formula is C4H8O4. The first-order chi connectivity index (χ1) is 3.80. The molecule has 0 aromatic heterocycles. The minimum Gasteiger partial charge on any atom is -0.366 e. The Morgan fingerprint density at radius 2 is 2.25 bits per heavy atom. The molecule has 4 nitrogen and oxygen atoms in total. The largest absolute Gasteiger partial charge is 0.366 e. The van der Waals surface area contributed by atoms with E-state index in [0.29, 0.717) is 0 Å². The highest BCUT2D eigenvalue weighted by molar-refractivity contribution is 4.60. The van der Waals surface area contributed by atoms with Crippen molar-refractivity contribution in [3.8, 4) is 0 Å². The van der Waals surface area contributed by atoms with Gasteiger partial charge in [-0.3, -0.25) is 0 Å². The van der Waals surface area contributed by atoms with Gasteiger partial charge in [0, 0.05) is 0 Å². The maximum absolute atomic E-state index is 8.40. The van der Waals surface area contributed by atoms with Crippen molar-refractivity contribution in [1.29, 1.82) is 0 Å². The van der Waals surface area contributed by atoms with Gasteiger partial charge in [0.25, 0.3) is 0 Å². The lowest BCUT2D eigenvalue weighted by atomic mass is 10.4. The van der Waals surface area contributed by atoms with Gasteiger partial charge in [-0.25, -0.2) is 0 Å². The fraction of sp³-hybridized carbons (Fsp3) is 1.00. The number of rotatable bonds is 1. The van der Waals surface area contributed by atoms with Gasteiger partial charge in [0.2, 0.25) is 0 Å². The molecule has 0 aromatic rings. The predicted molar refractivity (Wildman–Crippen MR) is 23.9 cm³/mol. The van der Waals surface area contributed by atoms with Gasteiger partial charge in [0.15, 0.2) is 6.29 Å². The van der Waals surface area contributed by atoms with Gasteiger partial charge in [-0.1, -0.05) is 0 Å². The summed E-state index contributed by atoms with van der Waals surface area (Å²) in [6.07, 6.45) is -1.95. The zero-order chi connectivity index (χ0) is 5.98. The average Bonchev–Trinajstić information content (AvgIpc) is 2.12. The second-order valence-corrected chi connectivity index (χ2v) is 1.61. The highest BCUT2D eigenvalue weighted by Crippen LogP contribution is 2.04. The van der Waals surface area contributed by atoms with E-state index in [9.17, 15) is 0 Å². The van der Waals surface area contributed by atoms with E-state index >= 15 is 0 Å². The molecule has 0 amide bonds. The first kappa shape index (κ1) is 5.97. The fourth-order valence-corrected chi connectivity index (χ4v) is 0.520. The third kappa shape index (κ3) is 1.16. The second kappa shape index (κ2) is 2.41. The van der Waals surface area contributed by atoms with Gasteiger partial charge >= 0.3 is 0 Å². The van der Waals surface area contributed by atoms with E-state index < -0.39 is 12.4 Å². The summed E-state index contributed by atoms with van der Waals surface area (Å²) in [5.41, 5.74) is 0. The quantitative estimate of drug-likeness (QED) is 0.421. The van der Waals surface area contributed by atoms with Crippen molar-refractivity contribution < 1.29 is 19.7 Å². The van der Waals surface area contributed by atoms with Crippen LogP contribution in [0.4, 0.5) is 0 Å². The molecule has 0 saturated carbocycles. The van der Waals surface area contributed by atoms with Crippen molar-refractivity contribution in [2.45, 2.75) is 12.4 Å². The normalized spacial score (nSPS) is 29.6. The second-order valence-electron chi connectivity index (χ2n) is 1.61. The van der Waals surface area contributed by atoms with E-state index in [0.717, 1.165) is 0 Å². The number of ether oxygens (including phenoxy) is 2. The molecule has 0 aromatic carbocycles. The number of aliphatic hydroxyl groups is 2. The molecule has 48 valence electrons. The van der Waals surface area contributed by atoms with Crippen molar-refractivity contribution >= 4 is 0 Å². The van der Waals surface area contributed by atoms with Crippen LogP contribution < -0.4 is 0 Å². The molecule has 0 radical (unpaired) electrons. The minimum absolute atomic E-state index is 0.169. The Bertz CT molecular complexity index is 66.4. The molecule has 1 fully saturated rings. The summed E-state index contributed by atoms with van der Waals surface area (Å²) in [5, 5.41) is 16.8. The standard InChI is InChI=1S/C4H8O4/c5-4(6)3-1-7-2-8-3/h3-6H,1-2H2. The molecule has 1 rings (SSSR count). The maximum Gasteiger partial charge on any atom is 0.180 e. The van der Waals surface area contributed by atoms with Gasteiger partial charge in [-0.15, -0.1) is 0 Å². The van der Waals surface area contributed by atoms with E-state index in [1.54, 1.807) is 0 Å². The lowest BCUT2D eigenvalue weighted by molar-refractivity contribution is -0.124. The molecule has 0 spiro atoms. The van der Waals surface area contributed by atoms with Crippen LogP contribution in [0, 0.1) is 0 Å². The topological polar surface area (TPSA) is 58.9 Å². The van der Waals surface area contributed by atoms with Crippen LogP contribution in [0.2, 0.25) is 0 Å². The summed E-state index contributed by atoms with van der Waals surface area (Å²) in [5.74, 6) is 0. The predicted octanol–water partition coefficient (Wildman–Crippen LogP) is -1.33. The Morgan fingerprint density at radius 3 is 2.50 bits per heavy atom. The molecule has 8 heavy (non-hydrogen) atoms. The average molecular weight is 120 g/mol. The van der Waals surface area contributed by atoms with Crippen LogP contribution >= 0.6 is 0 Å². The van der Waals surface area contributed by atoms with Gasteiger partial charge in [-0.2, -0.15) is 0 Å². The smallest absolute Gasteiger partial charge is 0.180 e. The van der Waals surface area contributed by atoms with Gasteiger partial charge < -0.3 is 19.7 Å². The van der Waals surface area contributed by atoms with Crippen molar-refractivity contribution in [3.63, 3.8) is 0 Å². The first-order valence-corrected chi connectivity index (χ1v) is 2.36. The van der Waals surface area contributed by atoms with Gasteiger partial charge in [0.05, 0.1) is 6.61 Å². The summed E-state index contributed by atoms with van der Waals surface area (Å²) in [4.78, 5) is 0. The fourth-order valence-electron chi connectivity index (χ4n) is 0.520. The van der Waals surface area contributed by atoms with Crippen molar-refractivity contribution in [1.82, 2.24) is 0 Å². The van der Waals surface area contributed by atoms with Crippen LogP contribution in [0.1, 0.15) is 0 Å². The lowest BCUT2D eigenvalue weighted by Crippen LogP contribution is -2.26. The summed E-state index contributed by atoms with van der Waals surface area (Å²) in [6, 6.07) is 0. The number of hydrogen-bond acceptors (Lipinski definition) is 4. The third-order valence-corrected chi connectivity index (χ3v) is 0.980. The molecular weight excluding hydrogens is 112 g/mol. The van der Waals surface area contributed by atoms with Crippen LogP contribution in [0.15, 0.2) is 0 Å². The molecule has 0 aliphatic carbocycles. The van der Waals surface area contributed by atoms with E-state index in [1.165, 1.54) is 0 Å². The summed E-state index contributed by atoms with van der Waals surface area (Å²) in [6.45, 7) is 0.444. The van der Waals surface area contributed by atoms with E-state index in [-0.39, 0.29) is 13.4 Å².